The van der Waals surface area contributed by atoms with Gasteiger partial charge in [-0.05, 0) is 44.4 Å². The number of hydrogen-bond donors (Lipinski definition) is 1. The summed E-state index contributed by atoms with van der Waals surface area (Å²) in [7, 11) is 0. The Balaban J connectivity index is 1.83. The monoisotopic (exact) mass is 283 g/mol. The molecular weight excluding hydrogens is 262 g/mol. The Morgan fingerprint density at radius 1 is 1.14 bits per heavy atom. The highest BCUT2D eigenvalue weighted by Crippen LogP contribution is 2.24. The Labute approximate surface area is 125 Å². The van der Waals surface area contributed by atoms with Crippen LogP contribution in [0.1, 0.15) is 24.0 Å². The molecule has 1 aromatic heterocycles. The lowest BCUT2D eigenvalue weighted by atomic mass is 10.0. The van der Waals surface area contributed by atoms with Crippen molar-refractivity contribution in [3.63, 3.8) is 0 Å². The molecule has 1 aliphatic rings. The maximum absolute atomic E-state index is 9.75. The first kappa shape index (κ1) is 14.0. The van der Waals surface area contributed by atoms with Gasteiger partial charge >= 0.3 is 0 Å². The van der Waals surface area contributed by atoms with Crippen LogP contribution in [0, 0.1) is 13.8 Å². The highest BCUT2D eigenvalue weighted by atomic mass is 16.3. The van der Waals surface area contributed by atoms with E-state index in [1.165, 1.54) is 11.1 Å². The SMILES string of the molecule is Cc1ccc(-c2ccc(N3CCCC(O)C3)nn2)c(C)c1. The third kappa shape index (κ3) is 3.05. The van der Waals surface area contributed by atoms with Crippen LogP contribution in [0.25, 0.3) is 11.3 Å². The number of β-amino-alcohol motifs (C(OH)–C–C–N with tert-alkyl or cyclic N) is 1. The minimum absolute atomic E-state index is 0.250. The van der Waals surface area contributed by atoms with E-state index in [1.54, 1.807) is 0 Å². The summed E-state index contributed by atoms with van der Waals surface area (Å²) in [6.07, 6.45) is 1.63. The molecule has 2 heterocycles. The molecule has 1 N–H and O–H groups in total. The van der Waals surface area contributed by atoms with Crippen molar-refractivity contribution in [1.29, 1.82) is 0 Å². The van der Waals surface area contributed by atoms with Crippen LogP contribution in [0.15, 0.2) is 30.3 Å². The maximum atomic E-state index is 9.75. The van der Waals surface area contributed by atoms with Gasteiger partial charge in [0.25, 0.3) is 0 Å². The quantitative estimate of drug-likeness (QED) is 0.920. The van der Waals surface area contributed by atoms with Gasteiger partial charge in [0.15, 0.2) is 5.82 Å². The third-order valence-electron chi connectivity index (χ3n) is 4.03. The van der Waals surface area contributed by atoms with Gasteiger partial charge in [-0.2, -0.15) is 0 Å². The summed E-state index contributed by atoms with van der Waals surface area (Å²) in [5, 5.41) is 18.5. The van der Waals surface area contributed by atoms with E-state index in [1.807, 2.05) is 12.1 Å². The minimum Gasteiger partial charge on any atom is -0.391 e. The molecule has 1 saturated heterocycles. The zero-order chi connectivity index (χ0) is 14.8. The fourth-order valence-corrected chi connectivity index (χ4v) is 2.90. The molecule has 0 bridgehead atoms. The summed E-state index contributed by atoms with van der Waals surface area (Å²) in [5.74, 6) is 0.849. The summed E-state index contributed by atoms with van der Waals surface area (Å²) in [6, 6.07) is 10.4. The molecule has 21 heavy (non-hydrogen) atoms. The Bertz CT molecular complexity index is 624. The Morgan fingerprint density at radius 2 is 2.00 bits per heavy atom. The molecule has 1 atom stereocenters. The van der Waals surface area contributed by atoms with Crippen LogP contribution in [0.3, 0.4) is 0 Å². The molecule has 0 aliphatic carbocycles. The predicted octanol–water partition coefficient (Wildman–Crippen LogP) is 2.72. The molecule has 1 unspecified atom stereocenters. The summed E-state index contributed by atoms with van der Waals surface area (Å²) < 4.78 is 0. The molecule has 1 aromatic carbocycles. The normalized spacial score (nSPS) is 18.8. The summed E-state index contributed by atoms with van der Waals surface area (Å²) in [4.78, 5) is 2.10. The fraction of sp³-hybridized carbons (Fsp3) is 0.412. The van der Waals surface area contributed by atoms with E-state index in [9.17, 15) is 5.11 Å². The number of aliphatic hydroxyl groups is 1. The van der Waals surface area contributed by atoms with Gasteiger partial charge in [0.1, 0.15) is 0 Å². The topological polar surface area (TPSA) is 49.2 Å². The molecule has 110 valence electrons. The number of aliphatic hydroxyl groups excluding tert-OH is 1. The van der Waals surface area contributed by atoms with Gasteiger partial charge in [-0.15, -0.1) is 10.2 Å². The van der Waals surface area contributed by atoms with Crippen LogP contribution in [0.5, 0.6) is 0 Å². The first-order valence-corrected chi connectivity index (χ1v) is 7.48. The van der Waals surface area contributed by atoms with Gasteiger partial charge < -0.3 is 10.0 Å². The number of aromatic nitrogens is 2. The summed E-state index contributed by atoms with van der Waals surface area (Å²) >= 11 is 0. The number of nitrogens with zero attached hydrogens (tertiary/aromatic N) is 3. The Kier molecular flexibility index (Phi) is 3.88. The number of rotatable bonds is 2. The van der Waals surface area contributed by atoms with E-state index in [0.29, 0.717) is 6.54 Å². The molecule has 0 amide bonds. The van der Waals surface area contributed by atoms with E-state index in [-0.39, 0.29) is 6.10 Å². The number of aryl methyl sites for hydroxylation is 2. The van der Waals surface area contributed by atoms with E-state index < -0.39 is 0 Å². The first-order valence-electron chi connectivity index (χ1n) is 7.48. The van der Waals surface area contributed by atoms with Gasteiger partial charge in [0, 0.05) is 18.7 Å². The zero-order valence-corrected chi connectivity index (χ0v) is 12.6. The summed E-state index contributed by atoms with van der Waals surface area (Å²) in [5.41, 5.74) is 4.49. The van der Waals surface area contributed by atoms with E-state index in [0.717, 1.165) is 36.5 Å². The van der Waals surface area contributed by atoms with Crippen molar-refractivity contribution in [2.75, 3.05) is 18.0 Å². The second-order valence-corrected chi connectivity index (χ2v) is 5.84. The van der Waals surface area contributed by atoms with Crippen LogP contribution in [-0.2, 0) is 0 Å². The van der Waals surface area contributed by atoms with Gasteiger partial charge in [-0.3, -0.25) is 0 Å². The van der Waals surface area contributed by atoms with E-state index in [2.05, 4.69) is 47.1 Å². The molecule has 1 fully saturated rings. The smallest absolute Gasteiger partial charge is 0.151 e. The van der Waals surface area contributed by atoms with Crippen LogP contribution in [-0.4, -0.2) is 34.5 Å². The van der Waals surface area contributed by atoms with E-state index >= 15 is 0 Å². The summed E-state index contributed by atoms with van der Waals surface area (Å²) in [6.45, 7) is 5.78. The molecule has 3 rings (SSSR count). The maximum Gasteiger partial charge on any atom is 0.151 e. The van der Waals surface area contributed by atoms with Gasteiger partial charge in [0.05, 0.1) is 11.8 Å². The number of hydrogen-bond acceptors (Lipinski definition) is 4. The molecular formula is C17H21N3O. The molecule has 4 heteroatoms. The molecule has 1 aliphatic heterocycles. The lowest BCUT2D eigenvalue weighted by molar-refractivity contribution is 0.154. The average molecular weight is 283 g/mol. The highest BCUT2D eigenvalue weighted by molar-refractivity contribution is 5.64. The number of piperidine rings is 1. The first-order chi connectivity index (χ1) is 10.1. The van der Waals surface area contributed by atoms with Crippen molar-refractivity contribution in [1.82, 2.24) is 10.2 Å². The predicted molar refractivity (Wildman–Crippen MR) is 84.4 cm³/mol. The van der Waals surface area contributed by atoms with Crippen molar-refractivity contribution >= 4 is 5.82 Å². The van der Waals surface area contributed by atoms with Crippen LogP contribution in [0.2, 0.25) is 0 Å². The molecule has 2 aromatic rings. The minimum atomic E-state index is -0.250. The molecule has 0 saturated carbocycles. The van der Waals surface area contributed by atoms with E-state index in [4.69, 9.17) is 0 Å². The van der Waals surface area contributed by atoms with Crippen LogP contribution >= 0.6 is 0 Å². The van der Waals surface area contributed by atoms with Gasteiger partial charge in [-0.1, -0.05) is 23.8 Å². The zero-order valence-electron chi connectivity index (χ0n) is 12.6. The van der Waals surface area contributed by atoms with Crippen LogP contribution in [0.4, 0.5) is 5.82 Å². The van der Waals surface area contributed by atoms with Crippen molar-refractivity contribution in [2.45, 2.75) is 32.8 Å². The van der Waals surface area contributed by atoms with Crippen molar-refractivity contribution < 1.29 is 5.11 Å². The highest BCUT2D eigenvalue weighted by Gasteiger charge is 2.19. The van der Waals surface area contributed by atoms with Crippen molar-refractivity contribution in [3.8, 4) is 11.3 Å². The van der Waals surface area contributed by atoms with Gasteiger partial charge in [-0.25, -0.2) is 0 Å². The second kappa shape index (κ2) is 5.82. The molecule has 0 spiro atoms. The van der Waals surface area contributed by atoms with Gasteiger partial charge in [0.2, 0.25) is 0 Å². The molecule has 0 radical (unpaired) electrons. The standard InChI is InChI=1S/C17H21N3O/c1-12-5-6-15(13(2)10-12)16-7-8-17(19-18-16)20-9-3-4-14(21)11-20/h5-8,10,14,21H,3-4,9,11H2,1-2H3. The molecule has 4 nitrogen and oxygen atoms in total. The van der Waals surface area contributed by atoms with Crippen LogP contribution < -0.4 is 4.90 Å². The lowest BCUT2D eigenvalue weighted by Crippen LogP contribution is -2.38. The Morgan fingerprint density at radius 3 is 2.67 bits per heavy atom. The van der Waals surface area contributed by atoms with Crippen molar-refractivity contribution in [2.24, 2.45) is 0 Å². The second-order valence-electron chi connectivity index (χ2n) is 5.84. The average Bonchev–Trinajstić information content (AvgIpc) is 2.47. The Hall–Kier alpha value is -1.94. The lowest BCUT2D eigenvalue weighted by Gasteiger charge is -2.30. The largest absolute Gasteiger partial charge is 0.391 e. The fourth-order valence-electron chi connectivity index (χ4n) is 2.90. The van der Waals surface area contributed by atoms with Crippen molar-refractivity contribution in [3.05, 3.63) is 41.5 Å². The number of benzene rings is 1. The number of anilines is 1. The third-order valence-corrected chi connectivity index (χ3v) is 4.03.